The molecule has 15 rings (SSSR count). The maximum Gasteiger partial charge on any atom is 0.251 e. The van der Waals surface area contributed by atoms with Crippen LogP contribution in [0.15, 0.2) is 173 Å². The molecule has 0 saturated carbocycles. The smallest absolute Gasteiger partial charge is 0.251 e. The van der Waals surface area contributed by atoms with Gasteiger partial charge in [0.1, 0.15) is 41.3 Å². The minimum Gasteiger partial charge on any atom is -0.456 e. The highest BCUT2D eigenvalue weighted by atomic mass is 127. The average Bonchev–Trinajstić information content (AvgIpc) is 4.19. The van der Waals surface area contributed by atoms with Gasteiger partial charge >= 0.3 is 0 Å². The molecule has 0 atom stereocenters. The third-order valence-corrected chi connectivity index (χ3v) is 12.8. The van der Waals surface area contributed by atoms with Gasteiger partial charge in [-0.1, -0.05) is 43.8 Å². The van der Waals surface area contributed by atoms with Crippen LogP contribution in [-0.2, 0) is 0 Å². The average molecular weight is 1070 g/mol. The summed E-state index contributed by atoms with van der Waals surface area (Å²) in [7, 11) is 0. The molecule has 7 aromatic carbocycles. The summed E-state index contributed by atoms with van der Waals surface area (Å²) in [4.78, 5) is 17.4. The maximum absolute atomic E-state index is 6.23. The molecule has 0 aliphatic rings. The van der Waals surface area contributed by atoms with Gasteiger partial charge < -0.3 is 8.83 Å². The van der Waals surface area contributed by atoms with Crippen LogP contribution in [0.1, 0.15) is 7.43 Å². The predicted molar refractivity (Wildman–Crippen MR) is 271 cm³/mol. The predicted octanol–water partition coefficient (Wildman–Crippen LogP) is 12.2. The Morgan fingerprint density at radius 1 is 0.462 bits per heavy atom. The molecule has 0 spiro atoms. The Morgan fingerprint density at radius 3 is 1.43 bits per heavy atom. The number of nitrogens with one attached hydrogen (secondary N) is 1. The first-order valence-electron chi connectivity index (χ1n) is 20.1. The Balaban J connectivity index is 0.000000129. The quantitative estimate of drug-likeness (QED) is 0.169. The van der Waals surface area contributed by atoms with E-state index in [1.54, 1.807) is 19.0 Å². The fraction of sp³-hybridized carbons (Fsp3) is 0.0204. The zero-order valence-corrected chi connectivity index (χ0v) is 37.4. The van der Waals surface area contributed by atoms with Crippen molar-refractivity contribution in [3.8, 4) is 11.4 Å². The van der Waals surface area contributed by atoms with Crippen molar-refractivity contribution in [3.63, 3.8) is 0 Å². The number of hydrogen-bond acceptors (Lipinski definition) is 8. The fourth-order valence-electron chi connectivity index (χ4n) is 8.63. The molecular weight excluding hydrogens is 1040 g/mol. The maximum atomic E-state index is 6.23. The number of hydrogen-bond donors (Lipinski definition) is 1. The Morgan fingerprint density at radius 2 is 0.908 bits per heavy atom. The van der Waals surface area contributed by atoms with Gasteiger partial charge in [0.15, 0.2) is 0 Å². The lowest BCUT2D eigenvalue weighted by molar-refractivity contribution is 0.668. The molecule has 0 bridgehead atoms. The zero-order valence-electron chi connectivity index (χ0n) is 33.1. The second-order valence-electron chi connectivity index (χ2n) is 15.1. The molecule has 0 radical (unpaired) electrons. The van der Waals surface area contributed by atoms with Crippen LogP contribution in [0.25, 0.3) is 106 Å². The molecule has 16 heteroatoms. The van der Waals surface area contributed by atoms with Crippen LogP contribution in [0.5, 0.6) is 0 Å². The van der Waals surface area contributed by atoms with E-state index in [2.05, 4.69) is 162 Å². The summed E-state index contributed by atoms with van der Waals surface area (Å²) in [6.07, 6.45) is 4.81. The van der Waals surface area contributed by atoms with Crippen LogP contribution in [0.3, 0.4) is 0 Å². The normalized spacial score (nSPS) is 11.7. The van der Waals surface area contributed by atoms with E-state index in [1.807, 2.05) is 86.3 Å². The van der Waals surface area contributed by atoms with Crippen molar-refractivity contribution >= 4 is 139 Å². The number of para-hydroxylation sites is 6. The van der Waals surface area contributed by atoms with Crippen LogP contribution < -0.4 is 0 Å². The number of aromatic nitrogens is 12. The lowest BCUT2D eigenvalue weighted by Crippen LogP contribution is -1.95. The fourth-order valence-corrected chi connectivity index (χ4v) is 9.61. The number of furan rings is 2. The molecule has 0 amide bonds. The standard InChI is InChI=1S/C28H16N8O.C12H6I2O.C8H6N4.CH4/c1-3-7-23-21(5-1)33(27-29-15-31-35(23)27)17-9-11-25-19(13-17)20-14-18(10-12-26(20)37-25)34-22-6-2-4-8-24(22)36-28(34)30-16-32-36;13-7-1-3-11-9(5-7)10-6-8(14)2-4-12(10)15-11;1-2-4-7-6(3-1)11-8-9-5-10-12(7)8;/h1-16H;1-6H;1-5H,(H,9,10,11);1H4. The van der Waals surface area contributed by atoms with Crippen LogP contribution in [0, 0.1) is 7.14 Å². The van der Waals surface area contributed by atoms with E-state index >= 15 is 0 Å². The van der Waals surface area contributed by atoms with E-state index in [1.165, 1.54) is 17.9 Å². The summed E-state index contributed by atoms with van der Waals surface area (Å²) in [6, 6.07) is 49.3. The number of rotatable bonds is 2. The number of aromatic amines is 1. The Bertz CT molecular complexity index is 4060. The molecule has 65 heavy (non-hydrogen) atoms. The second-order valence-corrected chi connectivity index (χ2v) is 17.6. The van der Waals surface area contributed by atoms with Crippen LogP contribution in [-0.4, -0.2) is 57.9 Å². The number of halogens is 2. The van der Waals surface area contributed by atoms with Crippen molar-refractivity contribution in [3.05, 3.63) is 172 Å². The van der Waals surface area contributed by atoms with Crippen molar-refractivity contribution in [2.75, 3.05) is 0 Å². The molecule has 8 aromatic heterocycles. The van der Waals surface area contributed by atoms with Gasteiger partial charge in [-0.15, -0.1) is 0 Å². The summed E-state index contributed by atoms with van der Waals surface area (Å²) < 4.78 is 24.3. The molecule has 8 heterocycles. The van der Waals surface area contributed by atoms with E-state index in [0.29, 0.717) is 0 Å². The Kier molecular flexibility index (Phi) is 9.19. The summed E-state index contributed by atoms with van der Waals surface area (Å²) in [6.45, 7) is 0. The number of nitrogens with zero attached hydrogens (tertiary/aromatic N) is 11. The number of fused-ring (bicyclic) bond motifs is 15. The largest absolute Gasteiger partial charge is 0.456 e. The first-order valence-corrected chi connectivity index (χ1v) is 22.3. The third-order valence-electron chi connectivity index (χ3n) is 11.4. The molecule has 15 aromatic rings. The van der Waals surface area contributed by atoms with Gasteiger partial charge in [-0.25, -0.2) is 14.5 Å². The van der Waals surface area contributed by atoms with Gasteiger partial charge in [0.05, 0.1) is 44.5 Å². The lowest BCUT2D eigenvalue weighted by Gasteiger charge is -2.06. The molecule has 0 saturated heterocycles. The highest BCUT2D eigenvalue weighted by molar-refractivity contribution is 14.1. The summed E-state index contributed by atoms with van der Waals surface area (Å²) in [5.41, 5.74) is 11.7. The van der Waals surface area contributed by atoms with Crippen molar-refractivity contribution in [1.29, 1.82) is 0 Å². The molecule has 0 aliphatic carbocycles. The monoisotopic (exact) mass is 1070 g/mol. The number of imidazole rings is 3. The molecule has 0 fully saturated rings. The van der Waals surface area contributed by atoms with Crippen molar-refractivity contribution < 1.29 is 8.83 Å². The van der Waals surface area contributed by atoms with Crippen LogP contribution in [0.2, 0.25) is 0 Å². The molecule has 314 valence electrons. The Labute approximate surface area is 394 Å². The van der Waals surface area contributed by atoms with Gasteiger partial charge in [-0.3, -0.25) is 14.2 Å². The topological polar surface area (TPSA) is 142 Å². The second kappa shape index (κ2) is 15.3. The summed E-state index contributed by atoms with van der Waals surface area (Å²) in [5.74, 6) is 2.25. The highest BCUT2D eigenvalue weighted by Gasteiger charge is 2.18. The summed E-state index contributed by atoms with van der Waals surface area (Å²) in [5, 5.41) is 16.3. The van der Waals surface area contributed by atoms with Gasteiger partial charge in [-0.05, 0) is 154 Å². The Hall–Kier alpha value is -7.58. The van der Waals surface area contributed by atoms with Crippen LogP contribution in [0.4, 0.5) is 0 Å². The van der Waals surface area contributed by atoms with Gasteiger partial charge in [0.2, 0.25) is 11.6 Å². The first kappa shape index (κ1) is 39.0. The van der Waals surface area contributed by atoms with Gasteiger partial charge in [0.25, 0.3) is 5.78 Å². The molecule has 0 unspecified atom stereocenters. The third kappa shape index (κ3) is 6.26. The first-order chi connectivity index (χ1) is 31.5. The van der Waals surface area contributed by atoms with E-state index in [0.717, 1.165) is 94.9 Å². The molecule has 14 nitrogen and oxygen atoms in total. The highest BCUT2D eigenvalue weighted by Crippen LogP contribution is 2.35. The van der Waals surface area contributed by atoms with Crippen LogP contribution >= 0.6 is 45.2 Å². The minimum atomic E-state index is 0. The number of benzene rings is 7. The minimum absolute atomic E-state index is 0. The lowest BCUT2D eigenvalue weighted by atomic mass is 10.1. The van der Waals surface area contributed by atoms with E-state index in [9.17, 15) is 0 Å². The van der Waals surface area contributed by atoms with E-state index in [-0.39, 0.29) is 7.43 Å². The summed E-state index contributed by atoms with van der Waals surface area (Å²) >= 11 is 4.65. The van der Waals surface area contributed by atoms with E-state index < -0.39 is 0 Å². The molecular formula is C49H32I2N12O2. The molecule has 1 N–H and O–H groups in total. The zero-order chi connectivity index (χ0) is 42.5. The molecule has 0 aliphatic heterocycles. The van der Waals surface area contributed by atoms with Crippen molar-refractivity contribution in [1.82, 2.24) is 57.9 Å². The van der Waals surface area contributed by atoms with Gasteiger partial charge in [-0.2, -0.15) is 29.2 Å². The van der Waals surface area contributed by atoms with E-state index in [4.69, 9.17) is 8.83 Å². The van der Waals surface area contributed by atoms with Gasteiger partial charge in [0, 0.05) is 28.7 Å². The SMILES string of the molecule is C.Ic1ccc2oc3ccc(I)cc3c2c1.c1ccc2c(c1)n(-c1ccc3oc4ccc(-n5c6ccccc6n6ncnc56)cc4c3c1)c1ncnn21.c1ccc2c(c1)nc1nc[nH]n12. The van der Waals surface area contributed by atoms with Crippen molar-refractivity contribution in [2.24, 2.45) is 0 Å². The number of H-pyrrole nitrogens is 1. The van der Waals surface area contributed by atoms with Crippen molar-refractivity contribution in [2.45, 2.75) is 7.43 Å².